The number of unbranched alkanes of at least 4 members (excludes halogenated alkanes) is 1. The Morgan fingerprint density at radius 1 is 1.05 bits per heavy atom. The second kappa shape index (κ2) is 12.7. The number of hydrogen-bond acceptors (Lipinski definition) is 7. The van der Waals surface area contributed by atoms with E-state index in [2.05, 4.69) is 5.32 Å². The van der Waals surface area contributed by atoms with Gasteiger partial charge in [-0.1, -0.05) is 48.1 Å². The Bertz CT molecular complexity index is 1490. The Balaban J connectivity index is 1.42. The molecule has 2 aromatic carbocycles. The first-order valence-electron chi connectivity index (χ1n) is 11.7. The normalized spacial score (nSPS) is 14.3. The lowest BCUT2D eigenvalue weighted by atomic mass is 10.2. The third-order valence-corrected chi connectivity index (χ3v) is 7.27. The zero-order valence-electron chi connectivity index (χ0n) is 20.5. The number of carbonyl (C=O) groups excluding carboxylic acids is 4. The van der Waals surface area contributed by atoms with Gasteiger partial charge in [0.15, 0.2) is 0 Å². The molecule has 0 saturated carbocycles. The first-order chi connectivity index (χ1) is 18.7. The van der Waals surface area contributed by atoms with Gasteiger partial charge in [0.1, 0.15) is 18.1 Å². The third kappa shape index (κ3) is 7.05. The number of rotatable bonds is 9. The summed E-state index contributed by atoms with van der Waals surface area (Å²) in [6, 6.07) is 12.6. The lowest BCUT2D eigenvalue weighted by Gasteiger charge is -2.13. The maximum atomic E-state index is 12.9. The summed E-state index contributed by atoms with van der Waals surface area (Å²) in [5, 5.41) is 3.05. The number of anilines is 1. The fourth-order valence-corrected chi connectivity index (χ4v) is 4.91. The Kier molecular flexibility index (Phi) is 9.40. The number of hydrogen-bond donors (Lipinski definition) is 1. The van der Waals surface area contributed by atoms with Crippen LogP contribution in [0.3, 0.4) is 0 Å². The second-order valence-electron chi connectivity index (χ2n) is 8.33. The smallest absolute Gasteiger partial charge is 0.339 e. The maximum Gasteiger partial charge on any atom is 0.339 e. The van der Waals surface area contributed by atoms with Crippen molar-refractivity contribution < 1.29 is 28.3 Å². The number of ether oxygens (including phenoxy) is 1. The lowest BCUT2D eigenvalue weighted by Crippen LogP contribution is -2.36. The Labute approximate surface area is 243 Å². The van der Waals surface area contributed by atoms with E-state index < -0.39 is 29.6 Å². The van der Waals surface area contributed by atoms with Gasteiger partial charge in [-0.3, -0.25) is 19.3 Å². The van der Waals surface area contributed by atoms with Crippen molar-refractivity contribution in [1.29, 1.82) is 0 Å². The highest BCUT2D eigenvalue weighted by Gasteiger charge is 2.36. The van der Waals surface area contributed by atoms with Gasteiger partial charge >= 0.3 is 5.97 Å². The molecule has 1 saturated heterocycles. The van der Waals surface area contributed by atoms with E-state index in [4.69, 9.17) is 44.0 Å². The summed E-state index contributed by atoms with van der Waals surface area (Å²) in [4.78, 5) is 51.2. The van der Waals surface area contributed by atoms with Crippen LogP contribution in [0.1, 0.15) is 35.9 Å². The molecule has 3 amide bonds. The molecule has 1 aromatic heterocycles. The molecule has 202 valence electrons. The molecule has 39 heavy (non-hydrogen) atoms. The van der Waals surface area contributed by atoms with Gasteiger partial charge in [-0.25, -0.2) is 4.79 Å². The van der Waals surface area contributed by atoms with Gasteiger partial charge in [-0.05, 0) is 66.7 Å². The molecule has 12 heteroatoms. The van der Waals surface area contributed by atoms with Crippen molar-refractivity contribution in [3.05, 3.63) is 79.8 Å². The largest absolute Gasteiger partial charge is 0.462 e. The van der Waals surface area contributed by atoms with E-state index in [0.29, 0.717) is 45.3 Å². The van der Waals surface area contributed by atoms with Crippen LogP contribution in [0.5, 0.6) is 0 Å². The maximum absolute atomic E-state index is 12.9. The molecule has 0 radical (unpaired) electrons. The first kappa shape index (κ1) is 28.8. The summed E-state index contributed by atoms with van der Waals surface area (Å²) in [6.07, 6.45) is 2.99. The van der Waals surface area contributed by atoms with E-state index in [9.17, 15) is 19.2 Å². The molecule has 1 N–H and O–H groups in total. The molecule has 1 aliphatic rings. The highest BCUT2D eigenvalue weighted by atomic mass is 35.5. The highest BCUT2D eigenvalue weighted by molar-refractivity contribution is 8.18. The molecule has 4 rings (SSSR count). The molecule has 0 spiro atoms. The van der Waals surface area contributed by atoms with Gasteiger partial charge in [0.05, 0.1) is 27.1 Å². The molecule has 1 fully saturated rings. The SMILES string of the molecule is CCCCOC(=O)c1cc(NC(=O)CN2C(=O)S/C(=C/c3ccc(-c4cc(Cl)ccc4Cl)o3)C2=O)ccc1Cl. The molecule has 0 bridgehead atoms. The number of amides is 3. The van der Waals surface area contributed by atoms with Crippen LogP contribution in [0.25, 0.3) is 17.4 Å². The summed E-state index contributed by atoms with van der Waals surface area (Å²) < 4.78 is 11.0. The van der Waals surface area contributed by atoms with Crippen molar-refractivity contribution in [2.45, 2.75) is 19.8 Å². The summed E-state index contributed by atoms with van der Waals surface area (Å²) >= 11 is 19.1. The van der Waals surface area contributed by atoms with Gasteiger partial charge in [0.2, 0.25) is 5.91 Å². The number of nitrogens with zero attached hydrogens (tertiary/aromatic N) is 1. The summed E-state index contributed by atoms with van der Waals surface area (Å²) in [5.74, 6) is -1.14. The van der Waals surface area contributed by atoms with Crippen LogP contribution in [-0.2, 0) is 14.3 Å². The van der Waals surface area contributed by atoms with Crippen LogP contribution < -0.4 is 5.32 Å². The number of furan rings is 1. The lowest BCUT2D eigenvalue weighted by molar-refractivity contribution is -0.127. The van der Waals surface area contributed by atoms with Crippen molar-refractivity contribution in [1.82, 2.24) is 4.90 Å². The fourth-order valence-electron chi connectivity index (χ4n) is 3.52. The van der Waals surface area contributed by atoms with E-state index >= 15 is 0 Å². The molecule has 3 aromatic rings. The predicted molar refractivity (Wildman–Crippen MR) is 152 cm³/mol. The minimum atomic E-state index is -0.643. The Morgan fingerprint density at radius 3 is 2.59 bits per heavy atom. The number of carbonyl (C=O) groups is 4. The van der Waals surface area contributed by atoms with E-state index in [1.165, 1.54) is 24.3 Å². The van der Waals surface area contributed by atoms with Crippen LogP contribution in [0.4, 0.5) is 10.5 Å². The van der Waals surface area contributed by atoms with E-state index in [0.717, 1.165) is 11.3 Å². The number of thioether (sulfide) groups is 1. The molecular weight excluding hydrogens is 587 g/mol. The monoisotopic (exact) mass is 606 g/mol. The topological polar surface area (TPSA) is 106 Å². The van der Waals surface area contributed by atoms with Crippen molar-refractivity contribution >= 4 is 81.4 Å². The highest BCUT2D eigenvalue weighted by Crippen LogP contribution is 2.35. The third-order valence-electron chi connectivity index (χ3n) is 5.47. The molecular formula is C27H21Cl3N2O6S. The van der Waals surface area contributed by atoms with Crippen LogP contribution in [0.2, 0.25) is 15.1 Å². The van der Waals surface area contributed by atoms with Crippen molar-refractivity contribution in [3.8, 4) is 11.3 Å². The molecule has 8 nitrogen and oxygen atoms in total. The quantitative estimate of drug-likeness (QED) is 0.152. The standard InChI is InChI=1S/C27H21Cl3N2O6S/c1-2-3-10-37-26(35)19-12-16(5-8-21(19)30)31-24(33)14-32-25(34)23(39-27(32)36)13-17-6-9-22(38-17)18-11-15(28)4-7-20(18)29/h4-9,11-13H,2-3,10,14H2,1H3,(H,31,33)/b23-13+. The number of imide groups is 1. The predicted octanol–water partition coefficient (Wildman–Crippen LogP) is 7.54. The van der Waals surface area contributed by atoms with Gasteiger partial charge in [0, 0.05) is 22.3 Å². The molecule has 2 heterocycles. The van der Waals surface area contributed by atoms with Crippen molar-refractivity contribution in [3.63, 3.8) is 0 Å². The zero-order chi connectivity index (χ0) is 28.1. The summed E-state index contributed by atoms with van der Waals surface area (Å²) in [5.41, 5.74) is 0.932. The molecule has 0 aliphatic carbocycles. The van der Waals surface area contributed by atoms with Crippen LogP contribution >= 0.6 is 46.6 Å². The van der Waals surface area contributed by atoms with Gasteiger partial charge < -0.3 is 14.5 Å². The van der Waals surface area contributed by atoms with E-state index in [-0.39, 0.29) is 27.8 Å². The van der Waals surface area contributed by atoms with Crippen molar-refractivity contribution in [2.24, 2.45) is 0 Å². The fraction of sp³-hybridized carbons (Fsp3) is 0.185. The minimum Gasteiger partial charge on any atom is -0.462 e. The Hall–Kier alpha value is -3.24. The summed E-state index contributed by atoms with van der Waals surface area (Å²) in [6.45, 7) is 1.70. The van der Waals surface area contributed by atoms with E-state index in [1.807, 2.05) is 6.92 Å². The van der Waals surface area contributed by atoms with Crippen LogP contribution in [0, 0.1) is 0 Å². The zero-order valence-corrected chi connectivity index (χ0v) is 23.5. The van der Waals surface area contributed by atoms with Gasteiger partial charge in [-0.15, -0.1) is 0 Å². The minimum absolute atomic E-state index is 0.0921. The molecule has 0 unspecified atom stereocenters. The van der Waals surface area contributed by atoms with Crippen molar-refractivity contribution in [2.75, 3.05) is 18.5 Å². The molecule has 1 aliphatic heterocycles. The molecule has 0 atom stereocenters. The van der Waals surface area contributed by atoms with Crippen LogP contribution in [0.15, 0.2) is 57.9 Å². The van der Waals surface area contributed by atoms with Crippen LogP contribution in [-0.4, -0.2) is 41.1 Å². The number of benzene rings is 2. The van der Waals surface area contributed by atoms with Gasteiger partial charge in [0.25, 0.3) is 11.1 Å². The van der Waals surface area contributed by atoms with E-state index in [1.54, 1.807) is 30.3 Å². The number of esters is 1. The van der Waals surface area contributed by atoms with Gasteiger partial charge in [-0.2, -0.15) is 0 Å². The number of nitrogens with one attached hydrogen (secondary N) is 1. The number of halogens is 3. The Morgan fingerprint density at radius 2 is 1.82 bits per heavy atom. The average molecular weight is 608 g/mol. The second-order valence-corrected chi connectivity index (χ2v) is 10.6. The summed E-state index contributed by atoms with van der Waals surface area (Å²) in [7, 11) is 0. The average Bonchev–Trinajstić information content (AvgIpc) is 3.46. The first-order valence-corrected chi connectivity index (χ1v) is 13.7.